The van der Waals surface area contributed by atoms with E-state index < -0.39 is 106 Å². The molecule has 0 radical (unpaired) electrons. The Kier molecular flexibility index (Phi) is 29.8. The van der Waals surface area contributed by atoms with Crippen molar-refractivity contribution < 1.29 is 105 Å². The number of aryl methyl sites for hydroxylation is 2. The predicted octanol–water partition coefficient (Wildman–Crippen LogP) is 7.72. The van der Waals surface area contributed by atoms with Gasteiger partial charge in [-0.15, -0.1) is 0 Å². The van der Waals surface area contributed by atoms with E-state index in [1.54, 1.807) is 69.7 Å². The van der Waals surface area contributed by atoms with Crippen LogP contribution in [0, 0.1) is 17.8 Å². The number of aromatic nitrogens is 12. The van der Waals surface area contributed by atoms with Gasteiger partial charge in [0.15, 0.2) is 39.4 Å². The molecule has 10 rings (SSSR count). The highest BCUT2D eigenvalue weighted by Gasteiger charge is 2.56. The molecule has 4 aliphatic rings. The molecular formula is C64H98ClN12O22P3. The Bertz CT molecular complexity index is 3880. The Morgan fingerprint density at radius 3 is 1.35 bits per heavy atom. The average molecular weight is 1520 g/mol. The molecule has 3 saturated carbocycles. The van der Waals surface area contributed by atoms with Gasteiger partial charge in [0.25, 0.3) is 5.85 Å². The van der Waals surface area contributed by atoms with Crippen LogP contribution in [0.3, 0.4) is 0 Å². The highest BCUT2D eigenvalue weighted by atomic mass is 35.5. The number of carbonyl (C=O) groups excluding carboxylic acids is 3. The van der Waals surface area contributed by atoms with Gasteiger partial charge in [-0.2, -0.15) is 0 Å². The number of esters is 1. The summed E-state index contributed by atoms with van der Waals surface area (Å²) < 4.78 is 100. The number of hydrogen-bond acceptors (Lipinski definition) is 29. The first kappa shape index (κ1) is 82.5. The highest BCUT2D eigenvalue weighted by Crippen LogP contribution is 2.57. The third-order valence-electron chi connectivity index (χ3n) is 17.9. The Balaban J connectivity index is 0.000000195. The molecule has 34 nitrogen and oxygen atoms in total. The van der Waals surface area contributed by atoms with E-state index in [1.165, 1.54) is 19.0 Å². The van der Waals surface area contributed by atoms with Gasteiger partial charge in [-0.05, 0) is 93.4 Å². The minimum absolute atomic E-state index is 0.0188. The maximum Gasteiger partial charge on any atom is 0.370 e. The smallest absolute Gasteiger partial charge is 0.370 e. The Morgan fingerprint density at radius 2 is 0.902 bits per heavy atom. The first-order valence-corrected chi connectivity index (χ1v) is 40.0. The van der Waals surface area contributed by atoms with Crippen LogP contribution in [0.1, 0.15) is 163 Å². The number of ketones is 2. The van der Waals surface area contributed by atoms with E-state index in [4.69, 9.17) is 58.1 Å². The monoisotopic (exact) mass is 1510 g/mol. The molecule has 0 bridgehead atoms. The van der Waals surface area contributed by atoms with Gasteiger partial charge >= 0.3 is 28.8 Å². The molecule has 102 heavy (non-hydrogen) atoms. The standard InChI is InChI=1S/C23H37N4O7P.C22H32ClN4O8P.C19H29N4O7P/c1-5-9-16-19-22(25-13-24-16)27(14-26-19)17-11-15(20(29)21(17)30)12-32-23(18(28)10-6-2)35(31,33-7-3)34-8-4;1-6-30-20(28)21(36(29,32-7-2)33-8-3)31-10-13-9-14(17-16(13)34-22(4,5)35-17)27-12-26-15-18(23)24-11-25-19(15)27;1-3-5-12-15-18(21-9-20-12)23(10-22-15)13-7-11(16(25)17(13)26)8-30-19(31(27,28)29)14(24)6-4-2/h13-15,17,20-21,23,29-30H,5-12H2,1-4H3;11-14,16-17,21H,6-10H2,1-5H3;9-11,13,16-17,19,25-26H,3-8H2,1-2H3,(H2,27,28,29)/t15-,17-,20-,21+,23?;13-,14-,16-,17+,21?;11-,13-,16-,17+,19?/m111/s1. The number of nitrogens with zero attached hydrogens (tertiary/aromatic N) is 12. The predicted molar refractivity (Wildman–Crippen MR) is 368 cm³/mol. The van der Waals surface area contributed by atoms with E-state index in [1.807, 2.05) is 32.3 Å². The molecule has 6 aromatic rings. The lowest BCUT2D eigenvalue weighted by Crippen LogP contribution is -2.33. The molecule has 6 aromatic heterocycles. The lowest BCUT2D eigenvalue weighted by Gasteiger charge is -2.27. The van der Waals surface area contributed by atoms with E-state index >= 15 is 0 Å². The van der Waals surface area contributed by atoms with Gasteiger partial charge < -0.3 is 90.4 Å². The fourth-order valence-corrected chi connectivity index (χ4v) is 17.9. The van der Waals surface area contributed by atoms with Gasteiger partial charge in [-0.25, -0.2) is 49.7 Å². The topological polar surface area (TPSA) is 447 Å². The molecule has 1 aliphatic heterocycles. The Labute approximate surface area is 596 Å². The molecule has 0 spiro atoms. The second-order valence-corrected chi connectivity index (χ2v) is 31.7. The molecule has 1 saturated heterocycles. The maximum absolute atomic E-state index is 13.4. The lowest BCUT2D eigenvalue weighted by atomic mass is 10.1. The number of hydrogen-bond donors (Lipinski definition) is 6. The molecule has 0 aromatic carbocycles. The number of ether oxygens (including phenoxy) is 6. The summed E-state index contributed by atoms with van der Waals surface area (Å²) >= 11 is 6.20. The zero-order valence-electron chi connectivity index (χ0n) is 59.4. The van der Waals surface area contributed by atoms with Crippen LogP contribution in [0.4, 0.5) is 0 Å². The SMILES string of the molecule is CCCC(=O)C(OC[C@H]1C[C@@H](n2cnc3c(CCC)ncnc32)[C@H](O)[C@@H]1O)P(=O)(O)O.CCCC(=O)C(OC[C@H]1C[C@@H](n2cnc3c(CCC)ncnc32)[C@H](O)[C@@H]1O)P(=O)(OCC)OCC.CCOC(=O)C(OC[C@H]1C[C@@H](n2cnc3c(Cl)ncnc32)[C@@H]2OC(C)(C)O[C@H]12)P(=O)(OCC)OCC. The van der Waals surface area contributed by atoms with E-state index in [0.29, 0.717) is 59.2 Å². The average Bonchev–Trinajstić information content (AvgIpc) is 1.59. The molecular weight excluding hydrogens is 1420 g/mol. The van der Waals surface area contributed by atoms with Crippen molar-refractivity contribution in [3.05, 3.63) is 54.5 Å². The van der Waals surface area contributed by atoms with Gasteiger partial charge in [0.2, 0.25) is 11.7 Å². The van der Waals surface area contributed by atoms with Crippen molar-refractivity contribution in [1.82, 2.24) is 58.6 Å². The number of rotatable bonds is 35. The summed E-state index contributed by atoms with van der Waals surface area (Å²) in [4.78, 5) is 95.3. The van der Waals surface area contributed by atoms with Crippen LogP contribution in [-0.4, -0.2) is 219 Å². The largest absolute Gasteiger partial charge is 0.464 e. The Hall–Kier alpha value is -5.16. The summed E-state index contributed by atoms with van der Waals surface area (Å²) in [6.07, 6.45) is 9.43. The molecule has 7 heterocycles. The van der Waals surface area contributed by atoms with Crippen molar-refractivity contribution in [1.29, 1.82) is 0 Å². The van der Waals surface area contributed by atoms with E-state index in [-0.39, 0.29) is 107 Å². The van der Waals surface area contributed by atoms with Crippen molar-refractivity contribution in [2.24, 2.45) is 17.8 Å². The summed E-state index contributed by atoms with van der Waals surface area (Å²) in [6.45, 7) is 19.8. The van der Waals surface area contributed by atoms with Gasteiger partial charge in [0.05, 0.1) is 120 Å². The number of halogens is 1. The van der Waals surface area contributed by atoms with Crippen molar-refractivity contribution in [3.8, 4) is 0 Å². The number of carbonyl (C=O) groups is 3. The molecule has 568 valence electrons. The maximum atomic E-state index is 13.4. The fraction of sp³-hybridized carbons (Fsp3) is 0.719. The molecule has 3 aliphatic carbocycles. The lowest BCUT2D eigenvalue weighted by molar-refractivity contribution is -0.166. The van der Waals surface area contributed by atoms with E-state index in [9.17, 15) is 58.3 Å². The van der Waals surface area contributed by atoms with Crippen molar-refractivity contribution in [2.45, 2.75) is 225 Å². The molecule has 3 unspecified atom stereocenters. The first-order valence-electron chi connectivity index (χ1n) is 34.8. The number of aliphatic hydroxyl groups is 4. The van der Waals surface area contributed by atoms with Crippen molar-refractivity contribution in [3.63, 3.8) is 0 Å². The van der Waals surface area contributed by atoms with Gasteiger partial charge in [0.1, 0.15) is 53.8 Å². The summed E-state index contributed by atoms with van der Waals surface area (Å²) in [6, 6.07) is -1.26. The van der Waals surface area contributed by atoms with Crippen LogP contribution in [0.2, 0.25) is 5.15 Å². The molecule has 6 N–H and O–H groups in total. The molecule has 38 heteroatoms. The van der Waals surface area contributed by atoms with Crippen LogP contribution in [0.25, 0.3) is 33.5 Å². The van der Waals surface area contributed by atoms with Crippen LogP contribution in [-0.2, 0) is 87.4 Å². The summed E-state index contributed by atoms with van der Waals surface area (Å²) in [5.41, 5.74) is 5.16. The third-order valence-corrected chi connectivity index (χ3v) is 23.6. The Morgan fingerprint density at radius 1 is 0.510 bits per heavy atom. The zero-order valence-corrected chi connectivity index (χ0v) is 62.8. The number of Topliss-reactive ketones (excluding diaryl/α,β-unsaturated/α-hetero) is 2. The number of fused-ring (bicyclic) bond motifs is 4. The van der Waals surface area contributed by atoms with Crippen LogP contribution >= 0.6 is 34.4 Å². The summed E-state index contributed by atoms with van der Waals surface area (Å²) in [7, 11) is -12.6. The van der Waals surface area contributed by atoms with Gasteiger partial charge in [-0.1, -0.05) is 52.1 Å². The van der Waals surface area contributed by atoms with Crippen LogP contribution in [0.15, 0.2) is 38.0 Å². The quantitative estimate of drug-likeness (QED) is 0.0126. The summed E-state index contributed by atoms with van der Waals surface area (Å²) in [5.74, 6) is -8.82. The molecule has 4 fully saturated rings. The van der Waals surface area contributed by atoms with E-state index in [0.717, 1.165) is 37.1 Å². The molecule has 15 atom stereocenters. The number of aliphatic hydroxyl groups excluding tert-OH is 4. The van der Waals surface area contributed by atoms with Crippen molar-refractivity contribution in [2.75, 3.05) is 52.9 Å². The normalized spacial score (nSPS) is 25.1. The van der Waals surface area contributed by atoms with Crippen LogP contribution < -0.4 is 0 Å². The van der Waals surface area contributed by atoms with Gasteiger partial charge in [-0.3, -0.25) is 23.3 Å². The molecule has 0 amide bonds. The minimum Gasteiger partial charge on any atom is -0.464 e. The third kappa shape index (κ3) is 19.0. The first-order chi connectivity index (χ1) is 48.6. The van der Waals surface area contributed by atoms with E-state index in [2.05, 4.69) is 51.8 Å². The number of imidazole rings is 3. The second-order valence-electron chi connectivity index (χ2n) is 25.6. The zero-order chi connectivity index (χ0) is 74.4. The van der Waals surface area contributed by atoms with Crippen molar-refractivity contribution >= 4 is 85.4 Å². The van der Waals surface area contributed by atoms with Gasteiger partial charge in [0, 0.05) is 30.6 Å². The highest BCUT2D eigenvalue weighted by molar-refractivity contribution is 7.56. The minimum atomic E-state index is -4.81. The van der Waals surface area contributed by atoms with Crippen LogP contribution in [0.5, 0.6) is 0 Å². The fourth-order valence-electron chi connectivity index (χ4n) is 13.5. The second kappa shape index (κ2) is 36.9. The summed E-state index contributed by atoms with van der Waals surface area (Å²) in [5, 5.41) is 43.1.